The Morgan fingerprint density at radius 2 is 1.31 bits per heavy atom. The Kier molecular flexibility index (Phi) is 14.8. The first-order valence-corrected chi connectivity index (χ1v) is 13.3. The molecule has 3 atom stereocenters. The fourth-order valence-corrected chi connectivity index (χ4v) is 4.11. The van der Waals surface area contributed by atoms with E-state index in [9.17, 15) is 9.59 Å². The topological polar surface area (TPSA) is 104 Å². The van der Waals surface area contributed by atoms with E-state index in [0.29, 0.717) is 96.7 Å². The summed E-state index contributed by atoms with van der Waals surface area (Å²) in [5, 5.41) is 5.62. The first-order valence-electron chi connectivity index (χ1n) is 13.3. The Morgan fingerprint density at radius 1 is 0.778 bits per heavy atom. The van der Waals surface area contributed by atoms with Crippen molar-refractivity contribution >= 4 is 12.0 Å². The lowest BCUT2D eigenvalue weighted by Crippen LogP contribution is -2.32. The van der Waals surface area contributed by atoms with Crippen molar-refractivity contribution in [2.45, 2.75) is 52.9 Å². The molecular weight excluding hydrogens is 464 g/mol. The highest BCUT2D eigenvalue weighted by atomic mass is 16.6. The Morgan fingerprint density at radius 3 is 1.86 bits per heavy atom. The average molecular weight is 511 g/mol. The van der Waals surface area contributed by atoms with E-state index < -0.39 is 0 Å². The predicted molar refractivity (Wildman–Crippen MR) is 136 cm³/mol. The number of amides is 2. The van der Waals surface area contributed by atoms with E-state index in [2.05, 4.69) is 43.2 Å². The number of carbonyl (C=O) groups excluding carboxylic acids is 2. The minimum Gasteiger partial charge on any atom is -0.449 e. The molecule has 1 fully saturated rings. The van der Waals surface area contributed by atoms with Crippen LogP contribution in [0.2, 0.25) is 0 Å². The van der Waals surface area contributed by atoms with Crippen LogP contribution in [-0.4, -0.2) is 84.6 Å². The lowest BCUT2D eigenvalue weighted by molar-refractivity contribution is -0.122. The number of fused-ring (bicyclic) bond motifs is 1. The molecule has 36 heavy (non-hydrogen) atoms. The second-order valence-electron chi connectivity index (χ2n) is 10.5. The molecule has 1 unspecified atom stereocenters. The smallest absolute Gasteiger partial charge is 0.407 e. The van der Waals surface area contributed by atoms with Gasteiger partial charge < -0.3 is 34.3 Å². The molecular formula is C27H46N2O7. The first kappa shape index (κ1) is 30.4. The highest BCUT2D eigenvalue weighted by Gasteiger charge is 2.49. The van der Waals surface area contributed by atoms with Gasteiger partial charge in [-0.2, -0.15) is 0 Å². The van der Waals surface area contributed by atoms with Crippen molar-refractivity contribution in [3.05, 3.63) is 0 Å². The SMILES string of the molecule is CC(C)(C)CNC(=O)CCOCCOCCOCCOCCNC(=O)OCC1[C@H]2CCC#CCC[C@@H]12. The number of carbonyl (C=O) groups is 2. The summed E-state index contributed by atoms with van der Waals surface area (Å²) in [5.41, 5.74) is 0.0792. The Bertz CT molecular complexity index is 680. The molecule has 0 aromatic heterocycles. The van der Waals surface area contributed by atoms with Crippen molar-refractivity contribution in [3.8, 4) is 11.8 Å². The summed E-state index contributed by atoms with van der Waals surface area (Å²) < 4.78 is 27.1. The van der Waals surface area contributed by atoms with Gasteiger partial charge >= 0.3 is 6.09 Å². The van der Waals surface area contributed by atoms with Crippen LogP contribution >= 0.6 is 0 Å². The molecule has 0 spiro atoms. The van der Waals surface area contributed by atoms with Gasteiger partial charge in [0.2, 0.25) is 5.91 Å². The maximum absolute atomic E-state index is 11.8. The van der Waals surface area contributed by atoms with E-state index >= 15 is 0 Å². The highest BCUT2D eigenvalue weighted by Crippen LogP contribution is 2.52. The van der Waals surface area contributed by atoms with Gasteiger partial charge in [0.1, 0.15) is 0 Å². The number of hydrogen-bond donors (Lipinski definition) is 2. The van der Waals surface area contributed by atoms with Crippen LogP contribution in [0.1, 0.15) is 52.9 Å². The van der Waals surface area contributed by atoms with Gasteiger partial charge in [0.15, 0.2) is 0 Å². The number of hydrogen-bond acceptors (Lipinski definition) is 7. The minimum atomic E-state index is -0.379. The maximum Gasteiger partial charge on any atom is 0.407 e. The summed E-state index contributed by atoms with van der Waals surface area (Å²) in [7, 11) is 0. The van der Waals surface area contributed by atoms with E-state index in [1.165, 1.54) is 0 Å². The number of alkyl carbamates (subject to hydrolysis) is 1. The Labute approximate surface area is 216 Å². The molecule has 2 amide bonds. The molecule has 2 aliphatic carbocycles. The highest BCUT2D eigenvalue weighted by molar-refractivity contribution is 5.75. The van der Waals surface area contributed by atoms with Gasteiger partial charge in [-0.3, -0.25) is 4.79 Å². The molecule has 0 heterocycles. The minimum absolute atomic E-state index is 0.00451. The van der Waals surface area contributed by atoms with Crippen LogP contribution in [0.25, 0.3) is 0 Å². The fraction of sp³-hybridized carbons (Fsp3) is 0.852. The molecule has 1 saturated carbocycles. The van der Waals surface area contributed by atoms with Crippen LogP contribution in [0, 0.1) is 35.0 Å². The molecule has 2 N–H and O–H groups in total. The van der Waals surface area contributed by atoms with Crippen LogP contribution < -0.4 is 10.6 Å². The van der Waals surface area contributed by atoms with Crippen LogP contribution in [0.15, 0.2) is 0 Å². The molecule has 9 nitrogen and oxygen atoms in total. The van der Waals surface area contributed by atoms with Crippen molar-refractivity contribution in [1.29, 1.82) is 0 Å². The second kappa shape index (κ2) is 17.6. The van der Waals surface area contributed by atoms with Crippen molar-refractivity contribution < 1.29 is 33.3 Å². The van der Waals surface area contributed by atoms with E-state index in [-0.39, 0.29) is 17.4 Å². The standard InChI is InChI=1S/C27H46N2O7/c1-27(2,3)21-29-25(30)10-12-32-14-16-34-18-19-35-17-15-33-13-11-28-26(31)36-20-24-22-8-6-4-5-7-9-23(22)24/h22-24H,6-21H2,1-3H3,(H,28,31)(H,29,30)/t22-,23+,24?. The van der Waals surface area contributed by atoms with Crippen molar-refractivity contribution in [2.75, 3.05) is 72.6 Å². The van der Waals surface area contributed by atoms with E-state index in [4.69, 9.17) is 23.7 Å². The summed E-state index contributed by atoms with van der Waals surface area (Å²) in [6, 6.07) is 0. The van der Waals surface area contributed by atoms with Crippen molar-refractivity contribution in [3.63, 3.8) is 0 Å². The van der Waals surface area contributed by atoms with E-state index in [1.54, 1.807) is 0 Å². The molecule has 206 valence electrons. The third kappa shape index (κ3) is 14.6. The molecule has 0 aromatic carbocycles. The molecule has 0 aliphatic heterocycles. The maximum atomic E-state index is 11.8. The van der Waals surface area contributed by atoms with Crippen LogP contribution in [0.3, 0.4) is 0 Å². The van der Waals surface area contributed by atoms with Gasteiger partial charge in [0.05, 0.1) is 59.5 Å². The van der Waals surface area contributed by atoms with Crippen LogP contribution in [-0.2, 0) is 28.5 Å². The zero-order chi connectivity index (χ0) is 26.1. The summed E-state index contributed by atoms with van der Waals surface area (Å²) >= 11 is 0. The lowest BCUT2D eigenvalue weighted by Gasteiger charge is -2.18. The number of ether oxygens (including phenoxy) is 5. The third-order valence-corrected chi connectivity index (χ3v) is 6.17. The monoisotopic (exact) mass is 510 g/mol. The quantitative estimate of drug-likeness (QED) is 0.216. The van der Waals surface area contributed by atoms with Crippen molar-refractivity contribution in [1.82, 2.24) is 10.6 Å². The average Bonchev–Trinajstić information content (AvgIpc) is 3.47. The summed E-state index contributed by atoms with van der Waals surface area (Å²) in [6.07, 6.45) is 4.16. The third-order valence-electron chi connectivity index (χ3n) is 6.17. The van der Waals surface area contributed by atoms with Gasteiger partial charge in [-0.25, -0.2) is 4.79 Å². The van der Waals surface area contributed by atoms with Gasteiger partial charge in [-0.1, -0.05) is 20.8 Å². The Balaban J connectivity index is 1.27. The van der Waals surface area contributed by atoms with Gasteiger partial charge in [0, 0.05) is 32.4 Å². The zero-order valence-corrected chi connectivity index (χ0v) is 22.4. The molecule has 0 bridgehead atoms. The van der Waals surface area contributed by atoms with Crippen LogP contribution in [0.5, 0.6) is 0 Å². The molecule has 2 rings (SSSR count). The largest absolute Gasteiger partial charge is 0.449 e. The summed E-state index contributed by atoms with van der Waals surface area (Å²) in [6.45, 7) is 11.4. The van der Waals surface area contributed by atoms with Crippen molar-refractivity contribution in [2.24, 2.45) is 23.2 Å². The normalized spacial score (nSPS) is 20.8. The van der Waals surface area contributed by atoms with Gasteiger partial charge in [-0.05, 0) is 36.0 Å². The lowest BCUT2D eigenvalue weighted by atomic mass is 9.97. The molecule has 0 aromatic rings. The zero-order valence-electron chi connectivity index (χ0n) is 22.4. The van der Waals surface area contributed by atoms with Gasteiger partial charge in [-0.15, -0.1) is 11.8 Å². The fourth-order valence-electron chi connectivity index (χ4n) is 4.11. The molecule has 2 aliphatic rings. The van der Waals surface area contributed by atoms with Gasteiger partial charge in [0.25, 0.3) is 0 Å². The molecule has 9 heteroatoms. The summed E-state index contributed by atoms with van der Waals surface area (Å²) in [4.78, 5) is 23.5. The Hall–Kier alpha value is -1.86. The second-order valence-corrected chi connectivity index (χ2v) is 10.5. The molecule has 0 radical (unpaired) electrons. The first-order chi connectivity index (χ1) is 17.4. The van der Waals surface area contributed by atoms with Crippen LogP contribution in [0.4, 0.5) is 4.79 Å². The number of nitrogens with one attached hydrogen (secondary N) is 2. The number of rotatable bonds is 18. The van der Waals surface area contributed by atoms with E-state index in [0.717, 1.165) is 25.7 Å². The predicted octanol–water partition coefficient (Wildman–Crippen LogP) is 2.77. The van der Waals surface area contributed by atoms with E-state index in [1.807, 2.05) is 0 Å². The molecule has 0 saturated heterocycles. The summed E-state index contributed by atoms with van der Waals surface area (Å²) in [5.74, 6) is 8.25.